The summed E-state index contributed by atoms with van der Waals surface area (Å²) in [6.45, 7) is 0. The number of pyridine rings is 1. The van der Waals surface area contributed by atoms with E-state index in [0.717, 1.165) is 16.6 Å². The van der Waals surface area contributed by atoms with Crippen LogP contribution >= 0.6 is 0 Å². The highest BCUT2D eigenvalue weighted by molar-refractivity contribution is 5.88. The molecule has 4 aromatic rings. The number of anilines is 1. The molecule has 0 amide bonds. The fourth-order valence-electron chi connectivity index (χ4n) is 3.24. The van der Waals surface area contributed by atoms with Crippen molar-refractivity contribution < 1.29 is 15.0 Å². The van der Waals surface area contributed by atoms with Gasteiger partial charge in [0.15, 0.2) is 0 Å². The SMILES string of the molecule is O=C(O)c1ccc(N[C@@H](c2ccccc2)c2ccc3cccnc3c2O)cc1. The molecule has 1 atom stereocenters. The zero-order valence-electron chi connectivity index (χ0n) is 14.9. The van der Waals surface area contributed by atoms with E-state index in [0.29, 0.717) is 11.1 Å². The number of rotatable bonds is 5. The van der Waals surface area contributed by atoms with Crippen molar-refractivity contribution in [2.75, 3.05) is 5.32 Å². The number of phenolic OH excluding ortho intramolecular Hbond substituents is 1. The fourth-order valence-corrected chi connectivity index (χ4v) is 3.24. The van der Waals surface area contributed by atoms with Gasteiger partial charge in [0.05, 0.1) is 11.6 Å². The largest absolute Gasteiger partial charge is 0.505 e. The quantitative estimate of drug-likeness (QED) is 0.468. The fraction of sp³-hybridized carbons (Fsp3) is 0.0435. The number of aromatic hydroxyl groups is 1. The van der Waals surface area contributed by atoms with E-state index in [9.17, 15) is 9.90 Å². The van der Waals surface area contributed by atoms with Gasteiger partial charge in [-0.15, -0.1) is 0 Å². The molecule has 0 aliphatic heterocycles. The van der Waals surface area contributed by atoms with E-state index >= 15 is 0 Å². The summed E-state index contributed by atoms with van der Waals surface area (Å²) in [5.74, 6) is -0.842. The first-order valence-electron chi connectivity index (χ1n) is 8.85. The molecule has 5 heteroatoms. The van der Waals surface area contributed by atoms with E-state index in [1.165, 1.54) is 0 Å². The summed E-state index contributed by atoms with van der Waals surface area (Å²) in [6.07, 6.45) is 1.65. The van der Waals surface area contributed by atoms with Crippen molar-refractivity contribution in [1.82, 2.24) is 4.98 Å². The predicted molar refractivity (Wildman–Crippen MR) is 109 cm³/mol. The first-order valence-corrected chi connectivity index (χ1v) is 8.85. The van der Waals surface area contributed by atoms with Gasteiger partial charge in [-0.2, -0.15) is 0 Å². The molecule has 0 spiro atoms. The molecule has 3 N–H and O–H groups in total. The minimum atomic E-state index is -0.968. The second-order valence-corrected chi connectivity index (χ2v) is 6.45. The molecule has 0 saturated heterocycles. The lowest BCUT2D eigenvalue weighted by atomic mass is 9.96. The first-order chi connectivity index (χ1) is 13.6. The summed E-state index contributed by atoms with van der Waals surface area (Å²) in [6, 6.07) is 23.5. The number of benzene rings is 3. The van der Waals surface area contributed by atoms with Crippen LogP contribution < -0.4 is 5.32 Å². The Morgan fingerprint density at radius 1 is 0.893 bits per heavy atom. The van der Waals surface area contributed by atoms with Crippen molar-refractivity contribution in [1.29, 1.82) is 0 Å². The second kappa shape index (κ2) is 7.40. The van der Waals surface area contributed by atoms with Gasteiger partial charge in [0.1, 0.15) is 11.3 Å². The van der Waals surface area contributed by atoms with Crippen LogP contribution in [0.3, 0.4) is 0 Å². The van der Waals surface area contributed by atoms with Crippen LogP contribution in [0.1, 0.15) is 27.5 Å². The smallest absolute Gasteiger partial charge is 0.335 e. The standard InChI is InChI=1S/C23H18N2O3/c26-22-19(13-10-16-7-4-14-24-21(16)22)20(15-5-2-1-3-6-15)25-18-11-8-17(9-12-18)23(27)28/h1-14,20,25-26H,(H,27,28)/t20-/m0/s1. The number of hydrogen-bond acceptors (Lipinski definition) is 4. The Morgan fingerprint density at radius 3 is 2.36 bits per heavy atom. The Kier molecular flexibility index (Phi) is 4.64. The normalized spacial score (nSPS) is 11.9. The number of phenols is 1. The molecule has 3 aromatic carbocycles. The number of hydrogen-bond donors (Lipinski definition) is 3. The number of aromatic carboxylic acids is 1. The van der Waals surface area contributed by atoms with Crippen molar-refractivity contribution in [3.8, 4) is 5.75 Å². The van der Waals surface area contributed by atoms with Crippen LogP contribution in [0, 0.1) is 0 Å². The van der Waals surface area contributed by atoms with Crippen LogP contribution in [0.25, 0.3) is 10.9 Å². The van der Waals surface area contributed by atoms with Crippen molar-refractivity contribution in [3.63, 3.8) is 0 Å². The number of carbonyl (C=O) groups is 1. The number of aromatic nitrogens is 1. The predicted octanol–water partition coefficient (Wildman–Crippen LogP) is 4.84. The minimum absolute atomic E-state index is 0.126. The van der Waals surface area contributed by atoms with E-state index in [4.69, 9.17) is 5.11 Å². The lowest BCUT2D eigenvalue weighted by Gasteiger charge is -2.22. The average molecular weight is 370 g/mol. The van der Waals surface area contributed by atoms with Gasteiger partial charge in [0.2, 0.25) is 0 Å². The lowest BCUT2D eigenvalue weighted by Crippen LogP contribution is -2.13. The van der Waals surface area contributed by atoms with Gasteiger partial charge in [0.25, 0.3) is 0 Å². The molecule has 0 aliphatic rings. The maximum atomic E-state index is 11.1. The van der Waals surface area contributed by atoms with Gasteiger partial charge in [-0.05, 0) is 35.9 Å². The third-order valence-electron chi connectivity index (χ3n) is 4.67. The van der Waals surface area contributed by atoms with Gasteiger partial charge < -0.3 is 15.5 Å². The third kappa shape index (κ3) is 3.38. The summed E-state index contributed by atoms with van der Waals surface area (Å²) in [7, 11) is 0. The molecule has 0 radical (unpaired) electrons. The maximum Gasteiger partial charge on any atom is 0.335 e. The van der Waals surface area contributed by atoms with E-state index in [1.807, 2.05) is 54.6 Å². The van der Waals surface area contributed by atoms with E-state index in [2.05, 4.69) is 10.3 Å². The van der Waals surface area contributed by atoms with Crippen molar-refractivity contribution >= 4 is 22.6 Å². The van der Waals surface area contributed by atoms with Crippen molar-refractivity contribution in [2.24, 2.45) is 0 Å². The molecule has 1 aromatic heterocycles. The van der Waals surface area contributed by atoms with Crippen molar-refractivity contribution in [3.05, 3.63) is 102 Å². The summed E-state index contributed by atoms with van der Waals surface area (Å²) < 4.78 is 0. The van der Waals surface area contributed by atoms with Gasteiger partial charge in [0, 0.05) is 22.8 Å². The summed E-state index contributed by atoms with van der Waals surface area (Å²) in [4.78, 5) is 15.4. The Bertz CT molecular complexity index is 1130. The Labute approximate surface area is 161 Å². The topological polar surface area (TPSA) is 82.5 Å². The molecule has 1 heterocycles. The molecule has 4 rings (SSSR count). The molecule has 0 saturated carbocycles. The highest BCUT2D eigenvalue weighted by atomic mass is 16.4. The van der Waals surface area contributed by atoms with Crippen LogP contribution in [-0.2, 0) is 0 Å². The van der Waals surface area contributed by atoms with Crippen molar-refractivity contribution in [2.45, 2.75) is 6.04 Å². The number of nitrogens with one attached hydrogen (secondary N) is 1. The molecule has 138 valence electrons. The van der Waals surface area contributed by atoms with Crippen LogP contribution in [0.4, 0.5) is 5.69 Å². The van der Waals surface area contributed by atoms with Crippen LogP contribution in [0.5, 0.6) is 5.75 Å². The van der Waals surface area contributed by atoms with Gasteiger partial charge in [-0.3, -0.25) is 4.98 Å². The maximum absolute atomic E-state index is 11.1. The highest BCUT2D eigenvalue weighted by Crippen LogP contribution is 2.36. The molecule has 0 bridgehead atoms. The molecule has 28 heavy (non-hydrogen) atoms. The Balaban J connectivity index is 1.78. The third-order valence-corrected chi connectivity index (χ3v) is 4.67. The van der Waals surface area contributed by atoms with Crippen LogP contribution in [-0.4, -0.2) is 21.2 Å². The number of carboxylic acids is 1. The molecular formula is C23H18N2O3. The molecule has 0 unspecified atom stereocenters. The average Bonchev–Trinajstić information content (AvgIpc) is 2.74. The van der Waals surface area contributed by atoms with Gasteiger partial charge in [-0.25, -0.2) is 4.79 Å². The van der Waals surface area contributed by atoms with E-state index < -0.39 is 5.97 Å². The molecule has 5 nitrogen and oxygen atoms in total. The molecular weight excluding hydrogens is 352 g/mol. The summed E-state index contributed by atoms with van der Waals surface area (Å²) >= 11 is 0. The zero-order chi connectivity index (χ0) is 19.5. The molecule has 0 fully saturated rings. The molecule has 0 aliphatic carbocycles. The van der Waals surface area contributed by atoms with E-state index in [1.54, 1.807) is 30.5 Å². The number of fused-ring (bicyclic) bond motifs is 1. The Morgan fingerprint density at radius 2 is 1.64 bits per heavy atom. The number of nitrogens with zero attached hydrogens (tertiary/aromatic N) is 1. The minimum Gasteiger partial charge on any atom is -0.505 e. The van der Waals surface area contributed by atoms with Gasteiger partial charge in [-0.1, -0.05) is 48.5 Å². The van der Waals surface area contributed by atoms with Gasteiger partial charge >= 0.3 is 5.97 Å². The summed E-state index contributed by atoms with van der Waals surface area (Å²) in [5.41, 5.74) is 3.18. The highest BCUT2D eigenvalue weighted by Gasteiger charge is 2.20. The summed E-state index contributed by atoms with van der Waals surface area (Å²) in [5, 5.41) is 24.3. The number of carboxylic acid groups (broad SMARTS) is 1. The Hall–Kier alpha value is -3.86. The second-order valence-electron chi connectivity index (χ2n) is 6.45. The first kappa shape index (κ1) is 17.5. The lowest BCUT2D eigenvalue weighted by molar-refractivity contribution is 0.0697. The zero-order valence-corrected chi connectivity index (χ0v) is 14.9. The van der Waals surface area contributed by atoms with E-state index in [-0.39, 0.29) is 17.4 Å². The monoisotopic (exact) mass is 370 g/mol. The van der Waals surface area contributed by atoms with Crippen LogP contribution in [0.15, 0.2) is 85.1 Å². The van der Waals surface area contributed by atoms with Crippen LogP contribution in [0.2, 0.25) is 0 Å².